The first-order chi connectivity index (χ1) is 14.0. The molecule has 1 amide bonds. The van der Waals surface area contributed by atoms with Crippen LogP contribution in [0.5, 0.6) is 5.75 Å². The van der Waals surface area contributed by atoms with Gasteiger partial charge in [0, 0.05) is 10.4 Å². The Morgan fingerprint density at radius 2 is 2.07 bits per heavy atom. The summed E-state index contributed by atoms with van der Waals surface area (Å²) in [6.07, 6.45) is 2.77. The number of hydrazone groups is 1. The summed E-state index contributed by atoms with van der Waals surface area (Å²) >= 11 is 1.46. The van der Waals surface area contributed by atoms with Gasteiger partial charge in [-0.3, -0.25) is 14.2 Å². The minimum Gasteiger partial charge on any atom is -0.507 e. The van der Waals surface area contributed by atoms with Crippen LogP contribution in [0.15, 0.2) is 52.6 Å². The molecule has 0 atom stereocenters. The normalized spacial score (nSPS) is 11.5. The molecule has 0 unspecified atom stereocenters. The van der Waals surface area contributed by atoms with Gasteiger partial charge >= 0.3 is 0 Å². The Labute approximate surface area is 169 Å². The fraction of sp³-hybridized carbons (Fsp3) is 0.143. The lowest BCUT2D eigenvalue weighted by Gasteiger charge is -2.06. The van der Waals surface area contributed by atoms with Gasteiger partial charge in [-0.05, 0) is 36.2 Å². The van der Waals surface area contributed by atoms with E-state index in [1.807, 2.05) is 44.2 Å². The number of aromatic hydroxyl groups is 1. The van der Waals surface area contributed by atoms with Crippen LogP contribution in [0.25, 0.3) is 21.0 Å². The van der Waals surface area contributed by atoms with Gasteiger partial charge in [0.1, 0.15) is 17.1 Å². The van der Waals surface area contributed by atoms with Crippen LogP contribution in [0.1, 0.15) is 16.0 Å². The van der Waals surface area contributed by atoms with E-state index in [1.165, 1.54) is 28.4 Å². The number of phenolic OH excluding ortho intramolecular Hbond substituents is 1. The molecule has 0 fully saturated rings. The van der Waals surface area contributed by atoms with Crippen molar-refractivity contribution in [1.29, 1.82) is 0 Å². The third kappa shape index (κ3) is 3.50. The summed E-state index contributed by atoms with van der Waals surface area (Å²) in [5.74, 6) is -0.398. The van der Waals surface area contributed by atoms with Gasteiger partial charge in [0.05, 0.1) is 17.9 Å². The smallest absolute Gasteiger partial charge is 0.262 e. The Bertz CT molecular complexity index is 1340. The van der Waals surface area contributed by atoms with Crippen molar-refractivity contribution >= 4 is 44.4 Å². The van der Waals surface area contributed by atoms with Crippen molar-refractivity contribution in [2.24, 2.45) is 5.10 Å². The summed E-state index contributed by atoms with van der Waals surface area (Å²) in [6.45, 7) is 3.62. The Morgan fingerprint density at radius 3 is 2.90 bits per heavy atom. The zero-order chi connectivity index (χ0) is 20.5. The molecular weight excluding hydrogens is 388 g/mol. The number of nitrogens with one attached hydrogen (secondary N) is 1. The number of aromatic nitrogens is 2. The predicted molar refractivity (Wildman–Crippen MR) is 115 cm³/mol. The number of nitrogens with zero attached hydrogens (tertiary/aromatic N) is 3. The first-order valence-electron chi connectivity index (χ1n) is 8.93. The van der Waals surface area contributed by atoms with E-state index in [-0.39, 0.29) is 17.9 Å². The number of phenols is 1. The molecule has 2 heterocycles. The molecule has 2 N–H and O–H groups in total. The summed E-state index contributed by atoms with van der Waals surface area (Å²) in [5, 5.41) is 16.4. The van der Waals surface area contributed by atoms with Gasteiger partial charge in [-0.1, -0.05) is 30.3 Å². The van der Waals surface area contributed by atoms with Crippen molar-refractivity contribution in [2.75, 3.05) is 0 Å². The van der Waals surface area contributed by atoms with Crippen molar-refractivity contribution in [3.8, 4) is 5.75 Å². The minimum atomic E-state index is -0.464. The maximum absolute atomic E-state index is 12.7. The van der Waals surface area contributed by atoms with Crippen LogP contribution >= 0.6 is 11.3 Å². The number of carbonyl (C=O) groups excluding carboxylic acids is 1. The number of benzene rings is 2. The van der Waals surface area contributed by atoms with Gasteiger partial charge in [0.15, 0.2) is 0 Å². The number of fused-ring (bicyclic) bond motifs is 2. The number of rotatable bonds is 4. The van der Waals surface area contributed by atoms with E-state index in [9.17, 15) is 14.7 Å². The standard InChI is InChI=1S/C21H18N4O3S/c1-12-13(2)29-20-19(12)21(28)25(11-22-20)10-18(27)24-23-9-16-15-6-4-3-5-14(15)7-8-17(16)26/h3-9,11,26H,10H2,1-2H3,(H,24,27)/b23-9-. The number of carbonyl (C=O) groups is 1. The quantitative estimate of drug-likeness (QED) is 0.402. The second-order valence-electron chi connectivity index (χ2n) is 6.65. The molecule has 0 saturated heterocycles. The van der Waals surface area contributed by atoms with Crippen LogP contribution in [-0.4, -0.2) is 26.8 Å². The lowest BCUT2D eigenvalue weighted by Crippen LogP contribution is -2.30. The van der Waals surface area contributed by atoms with Crippen molar-refractivity contribution in [3.05, 3.63) is 69.1 Å². The summed E-state index contributed by atoms with van der Waals surface area (Å²) in [5.41, 5.74) is 3.55. The van der Waals surface area contributed by atoms with E-state index >= 15 is 0 Å². The minimum absolute atomic E-state index is 0.0656. The summed E-state index contributed by atoms with van der Waals surface area (Å²) in [6, 6.07) is 10.9. The molecule has 0 bridgehead atoms. The maximum atomic E-state index is 12.7. The van der Waals surface area contributed by atoms with E-state index in [2.05, 4.69) is 15.5 Å². The molecule has 2 aromatic heterocycles. The number of hydrogen-bond acceptors (Lipinski definition) is 6. The van der Waals surface area contributed by atoms with E-state index in [1.54, 1.807) is 6.07 Å². The topological polar surface area (TPSA) is 96.6 Å². The highest BCUT2D eigenvalue weighted by molar-refractivity contribution is 7.18. The number of thiophene rings is 1. The third-order valence-electron chi connectivity index (χ3n) is 4.80. The van der Waals surface area contributed by atoms with Gasteiger partial charge in [-0.25, -0.2) is 10.4 Å². The van der Waals surface area contributed by atoms with E-state index in [0.29, 0.717) is 15.8 Å². The van der Waals surface area contributed by atoms with E-state index in [4.69, 9.17) is 0 Å². The molecule has 29 heavy (non-hydrogen) atoms. The molecule has 0 radical (unpaired) electrons. The van der Waals surface area contributed by atoms with Crippen molar-refractivity contribution < 1.29 is 9.90 Å². The van der Waals surface area contributed by atoms with Crippen LogP contribution < -0.4 is 11.0 Å². The Hall–Kier alpha value is -3.52. The molecule has 7 nitrogen and oxygen atoms in total. The number of amides is 1. The number of aryl methyl sites for hydroxylation is 2. The molecule has 0 aliphatic rings. The van der Waals surface area contributed by atoms with E-state index in [0.717, 1.165) is 21.2 Å². The zero-order valence-electron chi connectivity index (χ0n) is 15.8. The molecule has 4 aromatic rings. The van der Waals surface area contributed by atoms with Crippen LogP contribution in [0.3, 0.4) is 0 Å². The van der Waals surface area contributed by atoms with Crippen molar-refractivity contribution in [2.45, 2.75) is 20.4 Å². The van der Waals surface area contributed by atoms with Crippen molar-refractivity contribution in [1.82, 2.24) is 15.0 Å². The van der Waals surface area contributed by atoms with Crippen molar-refractivity contribution in [3.63, 3.8) is 0 Å². The first kappa shape index (κ1) is 18.8. The van der Waals surface area contributed by atoms with Crippen LogP contribution in [0.4, 0.5) is 0 Å². The van der Waals surface area contributed by atoms with Gasteiger partial charge in [0.25, 0.3) is 11.5 Å². The first-order valence-corrected chi connectivity index (χ1v) is 9.75. The second-order valence-corrected chi connectivity index (χ2v) is 7.86. The molecule has 146 valence electrons. The average molecular weight is 406 g/mol. The monoisotopic (exact) mass is 406 g/mol. The SMILES string of the molecule is Cc1sc2ncn(CC(=O)N/N=C\c3c(O)ccc4ccccc34)c(=O)c2c1C. The van der Waals surface area contributed by atoms with Gasteiger partial charge < -0.3 is 5.11 Å². The number of hydrogen-bond donors (Lipinski definition) is 2. The van der Waals surface area contributed by atoms with Crippen LogP contribution in [0, 0.1) is 13.8 Å². The third-order valence-corrected chi connectivity index (χ3v) is 5.92. The summed E-state index contributed by atoms with van der Waals surface area (Å²) in [4.78, 5) is 30.9. The Balaban J connectivity index is 1.54. The molecule has 0 saturated carbocycles. The lowest BCUT2D eigenvalue weighted by molar-refractivity contribution is -0.121. The molecular formula is C21H18N4O3S. The lowest BCUT2D eigenvalue weighted by atomic mass is 10.0. The van der Waals surface area contributed by atoms with Crippen LogP contribution in [-0.2, 0) is 11.3 Å². The largest absolute Gasteiger partial charge is 0.507 e. The molecule has 8 heteroatoms. The maximum Gasteiger partial charge on any atom is 0.262 e. The molecule has 2 aromatic carbocycles. The predicted octanol–water partition coefficient (Wildman–Crippen LogP) is 3.08. The van der Waals surface area contributed by atoms with Crippen LogP contribution in [0.2, 0.25) is 0 Å². The molecule has 0 aliphatic carbocycles. The zero-order valence-corrected chi connectivity index (χ0v) is 16.7. The molecule has 0 spiro atoms. The fourth-order valence-corrected chi connectivity index (χ4v) is 4.15. The Morgan fingerprint density at radius 1 is 1.28 bits per heavy atom. The molecule has 0 aliphatic heterocycles. The average Bonchev–Trinajstić information content (AvgIpc) is 3.00. The Kier molecular flexibility index (Phi) is 4.85. The fourth-order valence-electron chi connectivity index (χ4n) is 3.16. The highest BCUT2D eigenvalue weighted by Crippen LogP contribution is 2.26. The highest BCUT2D eigenvalue weighted by atomic mass is 32.1. The summed E-state index contributed by atoms with van der Waals surface area (Å²) in [7, 11) is 0. The van der Waals surface area contributed by atoms with E-state index < -0.39 is 5.91 Å². The molecule has 4 rings (SSSR count). The highest BCUT2D eigenvalue weighted by Gasteiger charge is 2.13. The van der Waals surface area contributed by atoms with Gasteiger partial charge in [0.2, 0.25) is 0 Å². The second kappa shape index (κ2) is 7.48. The summed E-state index contributed by atoms with van der Waals surface area (Å²) < 4.78 is 1.27. The van der Waals surface area contributed by atoms with Gasteiger partial charge in [-0.2, -0.15) is 5.10 Å². The van der Waals surface area contributed by atoms with Gasteiger partial charge in [-0.15, -0.1) is 11.3 Å².